The van der Waals surface area contributed by atoms with E-state index < -0.39 is 0 Å². The van der Waals surface area contributed by atoms with Gasteiger partial charge in [0.25, 0.3) is 0 Å². The molecular formula is C7H14N2. The van der Waals surface area contributed by atoms with Gasteiger partial charge in [0, 0.05) is 13.0 Å². The van der Waals surface area contributed by atoms with Crippen molar-refractivity contribution in [2.45, 2.75) is 26.2 Å². The molecule has 0 radical (unpaired) electrons. The molecule has 1 fully saturated rings. The first-order valence-electron chi connectivity index (χ1n) is 3.61. The van der Waals surface area contributed by atoms with E-state index in [4.69, 9.17) is 5.73 Å². The Labute approximate surface area is 56.2 Å². The van der Waals surface area contributed by atoms with E-state index in [-0.39, 0.29) is 0 Å². The molecule has 0 aromatic heterocycles. The number of hydrogen-bond donors (Lipinski definition) is 1. The fourth-order valence-corrected chi connectivity index (χ4v) is 0.885. The maximum absolute atomic E-state index is 5.58. The highest BCUT2D eigenvalue weighted by Crippen LogP contribution is 2.31. The van der Waals surface area contributed by atoms with E-state index in [0.29, 0.717) is 0 Å². The molecule has 2 heteroatoms. The Morgan fingerprint density at radius 2 is 2.33 bits per heavy atom. The molecule has 0 bridgehead atoms. The van der Waals surface area contributed by atoms with Crippen LogP contribution in [-0.4, -0.2) is 12.4 Å². The van der Waals surface area contributed by atoms with Crippen molar-refractivity contribution in [1.29, 1.82) is 0 Å². The first-order valence-corrected chi connectivity index (χ1v) is 3.61. The second-order valence-corrected chi connectivity index (χ2v) is 2.61. The Kier molecular flexibility index (Phi) is 2.09. The molecule has 1 rings (SSSR count). The number of nitrogens with two attached hydrogens (primary N) is 1. The standard InChI is InChI=1S/C7H14N2/c1-2-9-7(8)5-6-3-4-6/h6H,2-5H2,1H3,(H2,8,9). The topological polar surface area (TPSA) is 38.4 Å². The Morgan fingerprint density at radius 3 is 2.78 bits per heavy atom. The summed E-state index contributed by atoms with van der Waals surface area (Å²) in [5, 5.41) is 0. The molecule has 0 aliphatic heterocycles. The second kappa shape index (κ2) is 2.85. The first-order chi connectivity index (χ1) is 4.33. The first kappa shape index (κ1) is 6.59. The van der Waals surface area contributed by atoms with Gasteiger partial charge in [-0.3, -0.25) is 4.99 Å². The normalized spacial score (nSPS) is 20.3. The predicted molar refractivity (Wildman–Crippen MR) is 39.5 cm³/mol. The van der Waals surface area contributed by atoms with Crippen molar-refractivity contribution in [3.8, 4) is 0 Å². The summed E-state index contributed by atoms with van der Waals surface area (Å²) >= 11 is 0. The lowest BCUT2D eigenvalue weighted by atomic mass is 10.3. The van der Waals surface area contributed by atoms with E-state index in [1.165, 1.54) is 12.8 Å². The largest absolute Gasteiger partial charge is 0.387 e. The van der Waals surface area contributed by atoms with Crippen molar-refractivity contribution in [2.75, 3.05) is 6.54 Å². The maximum atomic E-state index is 5.58. The van der Waals surface area contributed by atoms with Gasteiger partial charge in [0.05, 0.1) is 5.84 Å². The fourth-order valence-electron chi connectivity index (χ4n) is 0.885. The summed E-state index contributed by atoms with van der Waals surface area (Å²) in [7, 11) is 0. The molecule has 0 heterocycles. The molecule has 0 amide bonds. The smallest absolute Gasteiger partial charge is 0.0939 e. The monoisotopic (exact) mass is 126 g/mol. The van der Waals surface area contributed by atoms with Crippen molar-refractivity contribution < 1.29 is 0 Å². The third-order valence-corrected chi connectivity index (χ3v) is 1.56. The minimum absolute atomic E-state index is 0.832. The Hall–Kier alpha value is -0.530. The lowest BCUT2D eigenvalue weighted by Crippen LogP contribution is -2.12. The number of rotatable bonds is 3. The Morgan fingerprint density at radius 1 is 1.67 bits per heavy atom. The van der Waals surface area contributed by atoms with Crippen molar-refractivity contribution in [3.63, 3.8) is 0 Å². The van der Waals surface area contributed by atoms with E-state index in [2.05, 4.69) is 4.99 Å². The van der Waals surface area contributed by atoms with E-state index in [1.807, 2.05) is 6.92 Å². The Bertz CT molecular complexity index is 114. The van der Waals surface area contributed by atoms with Gasteiger partial charge in [-0.05, 0) is 25.7 Å². The van der Waals surface area contributed by atoms with Gasteiger partial charge in [0.1, 0.15) is 0 Å². The fraction of sp³-hybridized carbons (Fsp3) is 0.857. The van der Waals surface area contributed by atoms with Crippen LogP contribution in [0.5, 0.6) is 0 Å². The molecule has 0 aromatic carbocycles. The van der Waals surface area contributed by atoms with Crippen molar-refractivity contribution >= 4 is 5.84 Å². The summed E-state index contributed by atoms with van der Waals surface area (Å²) in [5.41, 5.74) is 5.58. The number of hydrogen-bond acceptors (Lipinski definition) is 1. The molecule has 1 aliphatic carbocycles. The van der Waals surface area contributed by atoms with Crippen LogP contribution in [0.1, 0.15) is 26.2 Å². The molecular weight excluding hydrogens is 112 g/mol. The zero-order valence-corrected chi connectivity index (χ0v) is 5.93. The molecule has 2 nitrogen and oxygen atoms in total. The molecule has 1 saturated carbocycles. The number of amidine groups is 1. The molecule has 0 unspecified atom stereocenters. The van der Waals surface area contributed by atoms with Gasteiger partial charge in [0.2, 0.25) is 0 Å². The van der Waals surface area contributed by atoms with Crippen LogP contribution in [0.4, 0.5) is 0 Å². The van der Waals surface area contributed by atoms with Crippen LogP contribution in [0, 0.1) is 5.92 Å². The summed E-state index contributed by atoms with van der Waals surface area (Å²) < 4.78 is 0. The molecule has 0 saturated heterocycles. The van der Waals surface area contributed by atoms with Crippen LogP contribution in [0.25, 0.3) is 0 Å². The highest BCUT2D eigenvalue weighted by atomic mass is 14.8. The highest BCUT2D eigenvalue weighted by molar-refractivity contribution is 5.80. The molecule has 0 spiro atoms. The average Bonchev–Trinajstić information content (AvgIpc) is 2.50. The summed E-state index contributed by atoms with van der Waals surface area (Å²) in [5.74, 6) is 1.72. The summed E-state index contributed by atoms with van der Waals surface area (Å²) in [4.78, 5) is 4.10. The lowest BCUT2D eigenvalue weighted by molar-refractivity contribution is 0.879. The molecule has 9 heavy (non-hydrogen) atoms. The summed E-state index contributed by atoms with van der Waals surface area (Å²) in [6.07, 6.45) is 3.76. The van der Waals surface area contributed by atoms with E-state index in [0.717, 1.165) is 24.7 Å². The zero-order valence-electron chi connectivity index (χ0n) is 5.93. The predicted octanol–water partition coefficient (Wildman–Crippen LogP) is 1.16. The third kappa shape index (κ3) is 2.49. The SMILES string of the molecule is CCN=C(N)CC1CC1. The molecule has 0 atom stereocenters. The van der Waals surface area contributed by atoms with Gasteiger partial charge < -0.3 is 5.73 Å². The minimum atomic E-state index is 0.832. The summed E-state index contributed by atoms with van der Waals surface area (Å²) in [6.45, 7) is 2.85. The number of nitrogens with zero attached hydrogens (tertiary/aromatic N) is 1. The van der Waals surface area contributed by atoms with E-state index in [9.17, 15) is 0 Å². The van der Waals surface area contributed by atoms with Crippen LogP contribution < -0.4 is 5.73 Å². The second-order valence-electron chi connectivity index (χ2n) is 2.61. The molecule has 52 valence electrons. The average molecular weight is 126 g/mol. The van der Waals surface area contributed by atoms with Gasteiger partial charge in [0.15, 0.2) is 0 Å². The zero-order chi connectivity index (χ0) is 6.69. The third-order valence-electron chi connectivity index (χ3n) is 1.56. The molecule has 0 aromatic rings. The van der Waals surface area contributed by atoms with E-state index in [1.54, 1.807) is 0 Å². The molecule has 1 aliphatic rings. The van der Waals surface area contributed by atoms with Gasteiger partial charge in [-0.25, -0.2) is 0 Å². The maximum Gasteiger partial charge on any atom is 0.0939 e. The number of aliphatic imine (C=N–C) groups is 1. The van der Waals surface area contributed by atoms with Crippen LogP contribution in [0.3, 0.4) is 0 Å². The van der Waals surface area contributed by atoms with Crippen LogP contribution in [0.15, 0.2) is 4.99 Å². The van der Waals surface area contributed by atoms with Crippen LogP contribution >= 0.6 is 0 Å². The van der Waals surface area contributed by atoms with Crippen molar-refractivity contribution in [2.24, 2.45) is 16.6 Å². The van der Waals surface area contributed by atoms with Gasteiger partial charge in [-0.1, -0.05) is 0 Å². The van der Waals surface area contributed by atoms with Gasteiger partial charge in [-0.2, -0.15) is 0 Å². The van der Waals surface area contributed by atoms with Crippen molar-refractivity contribution in [1.82, 2.24) is 0 Å². The van der Waals surface area contributed by atoms with Crippen LogP contribution in [-0.2, 0) is 0 Å². The van der Waals surface area contributed by atoms with Crippen LogP contribution in [0.2, 0.25) is 0 Å². The highest BCUT2D eigenvalue weighted by Gasteiger charge is 2.21. The Balaban J connectivity index is 2.15. The van der Waals surface area contributed by atoms with Crippen molar-refractivity contribution in [3.05, 3.63) is 0 Å². The molecule has 2 N–H and O–H groups in total. The summed E-state index contributed by atoms with van der Waals surface area (Å²) in [6, 6.07) is 0. The minimum Gasteiger partial charge on any atom is -0.387 e. The van der Waals surface area contributed by atoms with Gasteiger partial charge in [-0.15, -0.1) is 0 Å². The lowest BCUT2D eigenvalue weighted by Gasteiger charge is -1.94. The van der Waals surface area contributed by atoms with E-state index >= 15 is 0 Å². The van der Waals surface area contributed by atoms with Gasteiger partial charge >= 0.3 is 0 Å². The quantitative estimate of drug-likeness (QED) is 0.447.